The van der Waals surface area contributed by atoms with Crippen LogP contribution in [-0.4, -0.2) is 17.0 Å². The van der Waals surface area contributed by atoms with Crippen molar-refractivity contribution >= 4 is 34.1 Å². The quantitative estimate of drug-likeness (QED) is 0.146. The zero-order valence-electron chi connectivity index (χ0n) is 22.4. The third kappa shape index (κ3) is 5.59. The van der Waals surface area contributed by atoms with E-state index in [0.717, 1.165) is 24.8 Å². The number of carbonyl (C=O) groups excluding carboxylic acids is 1. The van der Waals surface area contributed by atoms with Crippen LogP contribution >= 0.6 is 11.3 Å². The highest BCUT2D eigenvalue weighted by Crippen LogP contribution is 2.45. The topological polar surface area (TPSA) is 111 Å². The number of nitrogens with zero attached hydrogens (tertiary/aromatic N) is 2. The summed E-state index contributed by atoms with van der Waals surface area (Å²) in [5, 5.41) is 15.0. The second kappa shape index (κ2) is 10.6. The van der Waals surface area contributed by atoms with Crippen molar-refractivity contribution in [1.29, 1.82) is 0 Å². The van der Waals surface area contributed by atoms with Crippen LogP contribution in [0.1, 0.15) is 65.1 Å². The number of thiophene rings is 1. The van der Waals surface area contributed by atoms with Gasteiger partial charge in [0.05, 0.1) is 29.5 Å². The summed E-state index contributed by atoms with van der Waals surface area (Å²) in [6.07, 6.45) is 5.98. The molecule has 39 heavy (non-hydrogen) atoms. The number of rotatable bonds is 7. The van der Waals surface area contributed by atoms with Crippen molar-refractivity contribution < 1.29 is 18.6 Å². The predicted molar refractivity (Wildman–Crippen MR) is 152 cm³/mol. The molecule has 1 atom stereocenters. The highest BCUT2D eigenvalue weighted by atomic mass is 32.1. The van der Waals surface area contributed by atoms with Crippen LogP contribution in [0.25, 0.3) is 11.3 Å². The number of nitrogens with one attached hydrogen (secondary N) is 1. The lowest BCUT2D eigenvalue weighted by Gasteiger charge is -2.33. The Morgan fingerprint density at radius 2 is 2.05 bits per heavy atom. The molecule has 0 unspecified atom stereocenters. The van der Waals surface area contributed by atoms with E-state index in [-0.39, 0.29) is 17.0 Å². The number of hydrogen-bond donors (Lipinski definition) is 1. The average Bonchev–Trinajstić information content (AvgIpc) is 3.65. The summed E-state index contributed by atoms with van der Waals surface area (Å²) in [6, 6.07) is 12.1. The van der Waals surface area contributed by atoms with Crippen LogP contribution in [0.15, 0.2) is 62.6 Å². The van der Waals surface area contributed by atoms with Crippen LogP contribution in [0.3, 0.4) is 0 Å². The molecule has 0 aliphatic heterocycles. The lowest BCUT2D eigenvalue weighted by Crippen LogP contribution is -2.28. The standard InChI is InChI=1S/C30H31N3O5S/c1-18-22(8-5-9-24(18)33(35)36)25-13-11-21(38-25)17-32-29-27(28(34)31-16-20-7-6-14-37-20)23-12-10-19(30(2,3)4)15-26(23)39-29/h5-9,11,13-14,17,19H,10,12,15-16H2,1-4H3,(H,31,34)/t19-/m0/s1. The van der Waals surface area contributed by atoms with Gasteiger partial charge < -0.3 is 14.2 Å². The fourth-order valence-electron chi connectivity index (χ4n) is 5.08. The number of amides is 1. The smallest absolute Gasteiger partial charge is 0.273 e. The molecule has 5 rings (SSSR count). The summed E-state index contributed by atoms with van der Waals surface area (Å²) >= 11 is 1.56. The zero-order chi connectivity index (χ0) is 27.7. The third-order valence-electron chi connectivity index (χ3n) is 7.40. The minimum atomic E-state index is -0.397. The van der Waals surface area contributed by atoms with E-state index >= 15 is 0 Å². The molecule has 4 aromatic rings. The van der Waals surface area contributed by atoms with Gasteiger partial charge in [-0.3, -0.25) is 14.9 Å². The maximum absolute atomic E-state index is 13.4. The van der Waals surface area contributed by atoms with E-state index in [1.54, 1.807) is 61.1 Å². The molecule has 8 nitrogen and oxygen atoms in total. The van der Waals surface area contributed by atoms with Crippen molar-refractivity contribution in [1.82, 2.24) is 5.32 Å². The van der Waals surface area contributed by atoms with Crippen LogP contribution in [0.2, 0.25) is 0 Å². The summed E-state index contributed by atoms with van der Waals surface area (Å²) < 4.78 is 11.4. The summed E-state index contributed by atoms with van der Waals surface area (Å²) in [5.74, 6) is 2.07. The van der Waals surface area contributed by atoms with E-state index in [4.69, 9.17) is 13.8 Å². The first-order valence-electron chi connectivity index (χ1n) is 12.9. The molecular formula is C30H31N3O5S. The Kier molecular flexibility index (Phi) is 7.27. The lowest BCUT2D eigenvalue weighted by molar-refractivity contribution is -0.385. The van der Waals surface area contributed by atoms with Gasteiger partial charge in [-0.05, 0) is 67.3 Å². The third-order valence-corrected chi connectivity index (χ3v) is 8.57. The minimum Gasteiger partial charge on any atom is -0.467 e. The number of furan rings is 2. The molecule has 1 aliphatic rings. The second-order valence-electron chi connectivity index (χ2n) is 10.9. The minimum absolute atomic E-state index is 0.0436. The molecule has 0 bridgehead atoms. The summed E-state index contributed by atoms with van der Waals surface area (Å²) in [4.78, 5) is 30.3. The lowest BCUT2D eigenvalue weighted by atomic mass is 9.72. The molecule has 0 saturated carbocycles. The zero-order valence-corrected chi connectivity index (χ0v) is 23.3. The fourth-order valence-corrected chi connectivity index (χ4v) is 6.35. The van der Waals surface area contributed by atoms with Crippen LogP contribution in [0, 0.1) is 28.4 Å². The van der Waals surface area contributed by atoms with Gasteiger partial charge in [0.2, 0.25) is 0 Å². The molecule has 1 aromatic carbocycles. The molecule has 9 heteroatoms. The SMILES string of the molecule is Cc1c(-c2ccc(C=Nc3sc4c(c3C(=O)NCc3ccco3)CC[C@H](C(C)(C)C)C4)o2)cccc1[N+](=O)[O-]. The van der Waals surface area contributed by atoms with Crippen molar-refractivity contribution in [3.8, 4) is 11.3 Å². The first-order valence-corrected chi connectivity index (χ1v) is 13.8. The van der Waals surface area contributed by atoms with Crippen LogP contribution < -0.4 is 5.32 Å². The second-order valence-corrected chi connectivity index (χ2v) is 12.0. The van der Waals surface area contributed by atoms with Gasteiger partial charge in [-0.15, -0.1) is 11.3 Å². The van der Waals surface area contributed by atoms with Crippen LogP contribution in [0.4, 0.5) is 10.7 Å². The first-order chi connectivity index (χ1) is 18.6. The van der Waals surface area contributed by atoms with Gasteiger partial charge in [-0.1, -0.05) is 32.9 Å². The van der Waals surface area contributed by atoms with Gasteiger partial charge in [-0.25, -0.2) is 4.99 Å². The largest absolute Gasteiger partial charge is 0.467 e. The first kappa shape index (κ1) is 26.6. The van der Waals surface area contributed by atoms with Gasteiger partial charge in [0.15, 0.2) is 0 Å². The molecule has 0 fully saturated rings. The molecular weight excluding hydrogens is 514 g/mol. The summed E-state index contributed by atoms with van der Waals surface area (Å²) in [6.45, 7) is 8.81. The van der Waals surface area contributed by atoms with E-state index in [1.165, 1.54) is 10.9 Å². The molecule has 1 N–H and O–H groups in total. The van der Waals surface area contributed by atoms with Crippen molar-refractivity contribution in [2.45, 2.75) is 53.5 Å². The van der Waals surface area contributed by atoms with E-state index in [9.17, 15) is 14.9 Å². The maximum atomic E-state index is 13.4. The average molecular weight is 546 g/mol. The van der Waals surface area contributed by atoms with Gasteiger partial charge in [0, 0.05) is 22.1 Å². The Bertz CT molecular complexity index is 1540. The Labute approximate surface area is 230 Å². The van der Waals surface area contributed by atoms with Gasteiger partial charge in [0.25, 0.3) is 11.6 Å². The van der Waals surface area contributed by atoms with E-state index < -0.39 is 4.92 Å². The molecule has 0 radical (unpaired) electrons. The number of fused-ring (bicyclic) bond motifs is 1. The Morgan fingerprint density at radius 1 is 1.23 bits per heavy atom. The van der Waals surface area contributed by atoms with Crippen LogP contribution in [-0.2, 0) is 19.4 Å². The molecule has 1 amide bonds. The van der Waals surface area contributed by atoms with E-state index in [1.807, 2.05) is 6.07 Å². The monoisotopic (exact) mass is 545 g/mol. The van der Waals surface area contributed by atoms with E-state index in [0.29, 0.717) is 51.4 Å². The Morgan fingerprint density at radius 3 is 2.77 bits per heavy atom. The molecule has 3 heterocycles. The molecule has 0 saturated heterocycles. The fraction of sp³-hybridized carbons (Fsp3) is 0.333. The molecule has 3 aromatic heterocycles. The Hall–Kier alpha value is -3.98. The number of aliphatic imine (C=N–C) groups is 1. The number of benzene rings is 1. The molecule has 0 spiro atoms. The molecule has 1 aliphatic carbocycles. The van der Waals surface area contributed by atoms with Gasteiger partial charge >= 0.3 is 0 Å². The number of nitro benzene ring substituents is 1. The highest BCUT2D eigenvalue weighted by Gasteiger charge is 2.33. The van der Waals surface area contributed by atoms with E-state index in [2.05, 4.69) is 26.1 Å². The van der Waals surface area contributed by atoms with Crippen molar-refractivity contribution in [3.63, 3.8) is 0 Å². The predicted octanol–water partition coefficient (Wildman–Crippen LogP) is 7.65. The Balaban J connectivity index is 1.44. The van der Waals surface area contributed by atoms with Crippen molar-refractivity contribution in [2.24, 2.45) is 16.3 Å². The maximum Gasteiger partial charge on any atom is 0.273 e. The summed E-state index contributed by atoms with van der Waals surface area (Å²) in [7, 11) is 0. The number of carbonyl (C=O) groups is 1. The van der Waals surface area contributed by atoms with Crippen molar-refractivity contribution in [3.05, 3.63) is 91.9 Å². The van der Waals surface area contributed by atoms with Gasteiger partial charge in [0.1, 0.15) is 22.3 Å². The van der Waals surface area contributed by atoms with Gasteiger partial charge in [-0.2, -0.15) is 0 Å². The molecule has 202 valence electrons. The number of hydrogen-bond acceptors (Lipinski definition) is 7. The van der Waals surface area contributed by atoms with Crippen molar-refractivity contribution in [2.75, 3.05) is 0 Å². The highest BCUT2D eigenvalue weighted by molar-refractivity contribution is 7.16. The van der Waals surface area contributed by atoms with Crippen LogP contribution in [0.5, 0.6) is 0 Å². The summed E-state index contributed by atoms with van der Waals surface area (Å²) in [5.41, 5.74) is 3.12. The normalized spacial score (nSPS) is 15.4. The number of nitro groups is 1.